The predicted molar refractivity (Wildman–Crippen MR) is 53.9 cm³/mol. The molecule has 0 aliphatic heterocycles. The topological polar surface area (TPSA) is 52.5 Å². The maximum absolute atomic E-state index is 9.71. The second-order valence-corrected chi connectivity index (χ2v) is 3.82. The van der Waals surface area contributed by atoms with Crippen LogP contribution in [0.3, 0.4) is 0 Å². The molecule has 3 N–H and O–H groups in total. The highest BCUT2D eigenvalue weighted by Crippen LogP contribution is 2.23. The summed E-state index contributed by atoms with van der Waals surface area (Å²) in [6, 6.07) is 0. The Bertz CT molecular complexity index is 262. The van der Waals surface area contributed by atoms with E-state index >= 15 is 0 Å². The monoisotopic (exact) mass is 201 g/mol. The second kappa shape index (κ2) is 4.72. The van der Waals surface area contributed by atoms with Gasteiger partial charge in [-0.1, -0.05) is 0 Å². The highest BCUT2D eigenvalue weighted by Gasteiger charge is 2.19. The molecule has 1 aromatic heterocycles. The quantitative estimate of drug-likeness (QED) is 0.671. The fourth-order valence-corrected chi connectivity index (χ4v) is 2.08. The molecule has 0 aliphatic rings. The van der Waals surface area contributed by atoms with Crippen LogP contribution >= 0.6 is 11.3 Å². The van der Waals surface area contributed by atoms with Crippen LogP contribution in [0.1, 0.15) is 17.2 Å². The van der Waals surface area contributed by atoms with Crippen LogP contribution in [-0.2, 0) is 0 Å². The molecule has 0 saturated heterocycles. The fourth-order valence-electron chi connectivity index (χ4n) is 1.20. The van der Waals surface area contributed by atoms with Gasteiger partial charge in [0.2, 0.25) is 0 Å². The van der Waals surface area contributed by atoms with Crippen LogP contribution in [0.5, 0.6) is 0 Å². The molecule has 0 saturated carbocycles. The smallest absolute Gasteiger partial charge is 0.107 e. The van der Waals surface area contributed by atoms with E-state index in [1.165, 1.54) is 11.3 Å². The molecule has 3 nitrogen and oxygen atoms in total. The fraction of sp³-hybridized carbons (Fsp3) is 0.556. The molecule has 0 radical (unpaired) electrons. The van der Waals surface area contributed by atoms with Crippen LogP contribution in [0.25, 0.3) is 0 Å². The van der Waals surface area contributed by atoms with Gasteiger partial charge in [0, 0.05) is 6.54 Å². The molecule has 1 heterocycles. The molecule has 0 spiro atoms. The lowest BCUT2D eigenvalue weighted by Gasteiger charge is -2.17. The van der Waals surface area contributed by atoms with E-state index in [0.29, 0.717) is 6.54 Å². The zero-order chi connectivity index (χ0) is 9.84. The Balaban J connectivity index is 2.67. The van der Waals surface area contributed by atoms with Crippen molar-refractivity contribution in [2.24, 2.45) is 0 Å². The number of nitrogens with one attached hydrogen (secondary N) is 1. The van der Waals surface area contributed by atoms with Crippen molar-refractivity contribution in [3.63, 3.8) is 0 Å². The van der Waals surface area contributed by atoms with E-state index < -0.39 is 12.2 Å². The van der Waals surface area contributed by atoms with Gasteiger partial charge < -0.3 is 15.5 Å². The van der Waals surface area contributed by atoms with Crippen molar-refractivity contribution < 1.29 is 10.2 Å². The number of hydrogen-bond donors (Lipinski definition) is 3. The van der Waals surface area contributed by atoms with Gasteiger partial charge in [-0.05, 0) is 35.9 Å². The lowest BCUT2D eigenvalue weighted by molar-refractivity contribution is 0.0201. The zero-order valence-electron chi connectivity index (χ0n) is 7.82. The van der Waals surface area contributed by atoms with Crippen LogP contribution < -0.4 is 5.32 Å². The second-order valence-electron chi connectivity index (χ2n) is 3.08. The summed E-state index contributed by atoms with van der Waals surface area (Å²) in [5, 5.41) is 25.9. The Kier molecular flexibility index (Phi) is 3.87. The standard InChI is InChI=1S/C9H15NO2S/c1-6-4-13-5-7(6)9(12)8(11)3-10-2/h4-5,8-12H,3H2,1-2H3. The zero-order valence-corrected chi connectivity index (χ0v) is 8.64. The van der Waals surface area contributed by atoms with E-state index in [4.69, 9.17) is 0 Å². The average molecular weight is 201 g/mol. The number of aliphatic hydroxyl groups is 2. The molecular weight excluding hydrogens is 186 g/mol. The lowest BCUT2D eigenvalue weighted by atomic mass is 10.0. The molecule has 0 aromatic carbocycles. The number of aliphatic hydroxyl groups excluding tert-OH is 2. The largest absolute Gasteiger partial charge is 0.389 e. The highest BCUT2D eigenvalue weighted by atomic mass is 32.1. The predicted octanol–water partition coefficient (Wildman–Crippen LogP) is 0.670. The van der Waals surface area contributed by atoms with Crippen molar-refractivity contribution >= 4 is 11.3 Å². The summed E-state index contributed by atoms with van der Waals surface area (Å²) in [4.78, 5) is 0. The van der Waals surface area contributed by atoms with Gasteiger partial charge >= 0.3 is 0 Å². The van der Waals surface area contributed by atoms with Crippen LogP contribution in [0.15, 0.2) is 10.8 Å². The molecule has 0 aliphatic carbocycles. The Morgan fingerprint density at radius 1 is 1.46 bits per heavy atom. The van der Waals surface area contributed by atoms with Crippen molar-refractivity contribution in [2.75, 3.05) is 13.6 Å². The van der Waals surface area contributed by atoms with Crippen molar-refractivity contribution in [3.8, 4) is 0 Å². The van der Waals surface area contributed by atoms with Gasteiger partial charge in [0.05, 0.1) is 6.10 Å². The first-order valence-electron chi connectivity index (χ1n) is 4.20. The first kappa shape index (κ1) is 10.7. The number of hydrogen-bond acceptors (Lipinski definition) is 4. The summed E-state index contributed by atoms with van der Waals surface area (Å²) < 4.78 is 0. The molecule has 1 aromatic rings. The van der Waals surface area contributed by atoms with Gasteiger partial charge in [-0.2, -0.15) is 11.3 Å². The summed E-state index contributed by atoms with van der Waals surface area (Å²) >= 11 is 1.54. The third kappa shape index (κ3) is 2.51. The molecule has 74 valence electrons. The minimum atomic E-state index is -0.779. The van der Waals surface area contributed by atoms with Gasteiger partial charge in [-0.25, -0.2) is 0 Å². The summed E-state index contributed by atoms with van der Waals surface area (Å²) in [5.74, 6) is 0. The Morgan fingerprint density at radius 3 is 2.62 bits per heavy atom. The number of aryl methyl sites for hydroxylation is 1. The minimum Gasteiger partial charge on any atom is -0.389 e. The van der Waals surface area contributed by atoms with Crippen molar-refractivity contribution in [1.82, 2.24) is 5.32 Å². The summed E-state index contributed by atoms with van der Waals surface area (Å²) in [6.45, 7) is 2.33. The van der Waals surface area contributed by atoms with Crippen molar-refractivity contribution in [2.45, 2.75) is 19.1 Å². The summed E-state index contributed by atoms with van der Waals surface area (Å²) in [7, 11) is 1.75. The Labute approximate surface area is 82.0 Å². The maximum Gasteiger partial charge on any atom is 0.107 e. The maximum atomic E-state index is 9.71. The normalized spacial score (nSPS) is 15.7. The number of likely N-dealkylation sites (N-methyl/N-ethyl adjacent to an activating group) is 1. The Morgan fingerprint density at radius 2 is 2.15 bits per heavy atom. The first-order chi connectivity index (χ1) is 6.16. The van der Waals surface area contributed by atoms with Crippen molar-refractivity contribution in [1.29, 1.82) is 0 Å². The van der Waals surface area contributed by atoms with Gasteiger partial charge in [-0.3, -0.25) is 0 Å². The first-order valence-corrected chi connectivity index (χ1v) is 5.14. The molecular formula is C9H15NO2S. The SMILES string of the molecule is CNCC(O)C(O)c1cscc1C. The summed E-state index contributed by atoms with van der Waals surface area (Å²) in [6.07, 6.45) is -1.52. The Hall–Kier alpha value is -0.420. The van der Waals surface area contributed by atoms with E-state index in [-0.39, 0.29) is 0 Å². The number of rotatable bonds is 4. The molecule has 0 fully saturated rings. The molecule has 13 heavy (non-hydrogen) atoms. The highest BCUT2D eigenvalue weighted by molar-refractivity contribution is 7.08. The van der Waals surface area contributed by atoms with Crippen LogP contribution in [-0.4, -0.2) is 29.9 Å². The molecule has 1 rings (SSSR count). The lowest BCUT2D eigenvalue weighted by Crippen LogP contribution is -2.29. The van der Waals surface area contributed by atoms with Gasteiger partial charge in [0.1, 0.15) is 6.10 Å². The van der Waals surface area contributed by atoms with E-state index in [1.807, 2.05) is 17.7 Å². The van der Waals surface area contributed by atoms with Crippen LogP contribution in [0.2, 0.25) is 0 Å². The van der Waals surface area contributed by atoms with Gasteiger partial charge in [0.25, 0.3) is 0 Å². The molecule has 0 amide bonds. The molecule has 2 unspecified atom stereocenters. The summed E-state index contributed by atoms with van der Waals surface area (Å²) in [5.41, 5.74) is 1.86. The average Bonchev–Trinajstić information content (AvgIpc) is 2.50. The van der Waals surface area contributed by atoms with Crippen LogP contribution in [0, 0.1) is 6.92 Å². The van der Waals surface area contributed by atoms with E-state index in [1.54, 1.807) is 7.05 Å². The van der Waals surface area contributed by atoms with Gasteiger partial charge in [-0.15, -0.1) is 0 Å². The van der Waals surface area contributed by atoms with Gasteiger partial charge in [0.15, 0.2) is 0 Å². The van der Waals surface area contributed by atoms with E-state index in [9.17, 15) is 10.2 Å². The van der Waals surface area contributed by atoms with E-state index in [0.717, 1.165) is 11.1 Å². The van der Waals surface area contributed by atoms with Crippen LogP contribution in [0.4, 0.5) is 0 Å². The number of thiophene rings is 1. The molecule has 4 heteroatoms. The third-order valence-electron chi connectivity index (χ3n) is 1.99. The molecule has 0 bridgehead atoms. The van der Waals surface area contributed by atoms with E-state index in [2.05, 4.69) is 5.32 Å². The van der Waals surface area contributed by atoms with Crippen molar-refractivity contribution in [3.05, 3.63) is 21.9 Å². The third-order valence-corrected chi connectivity index (χ3v) is 2.87. The minimum absolute atomic E-state index is 0.399. The molecule has 2 atom stereocenters.